The molecule has 1 unspecified atom stereocenters. The van der Waals surface area contributed by atoms with E-state index in [4.69, 9.17) is 0 Å². The lowest BCUT2D eigenvalue weighted by atomic mass is 9.91. The Morgan fingerprint density at radius 1 is 1.15 bits per heavy atom. The van der Waals surface area contributed by atoms with Crippen molar-refractivity contribution < 1.29 is 4.79 Å². The van der Waals surface area contributed by atoms with E-state index in [9.17, 15) is 4.79 Å². The van der Waals surface area contributed by atoms with Crippen LogP contribution < -0.4 is 0 Å². The van der Waals surface area contributed by atoms with Crippen molar-refractivity contribution >= 4 is 16.7 Å². The van der Waals surface area contributed by atoms with Gasteiger partial charge in [0.25, 0.3) is 5.91 Å². The normalized spacial score (nSPS) is 17.4. The van der Waals surface area contributed by atoms with Crippen LogP contribution in [0.3, 0.4) is 0 Å². The lowest BCUT2D eigenvalue weighted by molar-refractivity contribution is 0.0669. The van der Waals surface area contributed by atoms with Crippen molar-refractivity contribution in [3.05, 3.63) is 71.8 Å². The zero-order valence-electron chi connectivity index (χ0n) is 15.1. The molecule has 3 heterocycles. The monoisotopic (exact) mass is 345 g/mol. The molecule has 0 aliphatic carbocycles. The van der Waals surface area contributed by atoms with Gasteiger partial charge in [-0.1, -0.05) is 30.3 Å². The fraction of sp³-hybridized carbons (Fsp3) is 0.318. The number of aromatic nitrogens is 2. The van der Waals surface area contributed by atoms with Gasteiger partial charge in [0.15, 0.2) is 0 Å². The summed E-state index contributed by atoms with van der Waals surface area (Å²) in [5.74, 6) is 0.528. The molecule has 1 saturated heterocycles. The van der Waals surface area contributed by atoms with Gasteiger partial charge < -0.3 is 4.90 Å². The van der Waals surface area contributed by atoms with Gasteiger partial charge in [-0.15, -0.1) is 0 Å². The molecule has 0 spiro atoms. The predicted octanol–water partition coefficient (Wildman–Crippen LogP) is 4.03. The molecular formula is C22H23N3O. The van der Waals surface area contributed by atoms with Crippen molar-refractivity contribution in [1.82, 2.24) is 14.9 Å². The number of carbonyl (C=O) groups is 1. The van der Waals surface area contributed by atoms with Crippen LogP contribution in [0, 0.1) is 12.8 Å². The van der Waals surface area contributed by atoms with Gasteiger partial charge in [0.05, 0.1) is 0 Å². The van der Waals surface area contributed by atoms with Gasteiger partial charge in [0.1, 0.15) is 5.69 Å². The maximum absolute atomic E-state index is 13.1. The number of hydrogen-bond acceptors (Lipinski definition) is 3. The smallest absolute Gasteiger partial charge is 0.273 e. The van der Waals surface area contributed by atoms with Crippen molar-refractivity contribution in [2.75, 3.05) is 13.1 Å². The molecule has 1 aromatic carbocycles. The summed E-state index contributed by atoms with van der Waals surface area (Å²) in [4.78, 5) is 23.9. The molecule has 4 nitrogen and oxygen atoms in total. The van der Waals surface area contributed by atoms with Crippen LogP contribution in [0.5, 0.6) is 0 Å². The van der Waals surface area contributed by atoms with E-state index >= 15 is 0 Å². The second kappa shape index (κ2) is 7.24. The molecule has 0 bridgehead atoms. The summed E-state index contributed by atoms with van der Waals surface area (Å²) in [6, 6.07) is 14.1. The minimum absolute atomic E-state index is 0.0496. The zero-order chi connectivity index (χ0) is 17.9. The highest BCUT2D eigenvalue weighted by molar-refractivity contribution is 6.05. The fourth-order valence-corrected chi connectivity index (χ4v) is 3.81. The third kappa shape index (κ3) is 3.45. The van der Waals surface area contributed by atoms with Crippen LogP contribution in [0.25, 0.3) is 10.8 Å². The van der Waals surface area contributed by atoms with Gasteiger partial charge in [-0.05, 0) is 55.2 Å². The molecule has 1 aliphatic rings. The number of rotatable bonds is 3. The molecule has 3 aromatic rings. The van der Waals surface area contributed by atoms with Crippen LogP contribution in [0.2, 0.25) is 0 Å². The largest absolute Gasteiger partial charge is 0.337 e. The Morgan fingerprint density at radius 3 is 2.88 bits per heavy atom. The Labute approximate surface area is 153 Å². The highest BCUT2D eigenvalue weighted by Gasteiger charge is 2.26. The molecule has 1 fully saturated rings. The van der Waals surface area contributed by atoms with E-state index in [1.54, 1.807) is 6.20 Å². The van der Waals surface area contributed by atoms with Crippen molar-refractivity contribution in [3.8, 4) is 0 Å². The Balaban J connectivity index is 1.51. The number of fused-ring (bicyclic) bond motifs is 1. The number of amides is 1. The van der Waals surface area contributed by atoms with E-state index in [2.05, 4.69) is 22.1 Å². The summed E-state index contributed by atoms with van der Waals surface area (Å²) >= 11 is 0. The Kier molecular flexibility index (Phi) is 4.65. The lowest BCUT2D eigenvalue weighted by Crippen LogP contribution is -2.41. The minimum atomic E-state index is 0.0496. The number of nitrogens with zero attached hydrogens (tertiary/aromatic N) is 3. The SMILES string of the molecule is Cc1ccc(CC2CCCN(C(=O)c3nccc4ccccc34)C2)cn1. The molecule has 0 N–H and O–H groups in total. The molecule has 4 rings (SSSR count). The molecular weight excluding hydrogens is 322 g/mol. The maximum atomic E-state index is 13.1. The first-order valence-corrected chi connectivity index (χ1v) is 9.25. The van der Waals surface area contributed by atoms with E-state index in [1.807, 2.05) is 48.4 Å². The summed E-state index contributed by atoms with van der Waals surface area (Å²) < 4.78 is 0. The van der Waals surface area contributed by atoms with E-state index in [-0.39, 0.29) is 5.91 Å². The number of carbonyl (C=O) groups excluding carboxylic acids is 1. The summed E-state index contributed by atoms with van der Waals surface area (Å²) in [6.07, 6.45) is 6.86. The van der Waals surface area contributed by atoms with E-state index < -0.39 is 0 Å². The van der Waals surface area contributed by atoms with E-state index in [0.717, 1.165) is 48.8 Å². The van der Waals surface area contributed by atoms with Crippen LogP contribution >= 0.6 is 0 Å². The lowest BCUT2D eigenvalue weighted by Gasteiger charge is -2.33. The zero-order valence-corrected chi connectivity index (χ0v) is 15.1. The minimum Gasteiger partial charge on any atom is -0.337 e. The Hall–Kier alpha value is -2.75. The van der Waals surface area contributed by atoms with Crippen LogP contribution in [0.4, 0.5) is 0 Å². The molecule has 1 aliphatic heterocycles. The molecule has 0 saturated carbocycles. The Morgan fingerprint density at radius 2 is 2.04 bits per heavy atom. The number of aryl methyl sites for hydroxylation is 1. The maximum Gasteiger partial charge on any atom is 0.273 e. The highest BCUT2D eigenvalue weighted by atomic mass is 16.2. The molecule has 132 valence electrons. The highest BCUT2D eigenvalue weighted by Crippen LogP contribution is 2.24. The van der Waals surface area contributed by atoms with E-state index in [0.29, 0.717) is 11.6 Å². The summed E-state index contributed by atoms with van der Waals surface area (Å²) in [5, 5.41) is 2.00. The van der Waals surface area contributed by atoms with Crippen molar-refractivity contribution in [2.45, 2.75) is 26.2 Å². The third-order valence-corrected chi connectivity index (χ3v) is 5.18. The third-order valence-electron chi connectivity index (χ3n) is 5.18. The first kappa shape index (κ1) is 16.7. The van der Waals surface area contributed by atoms with Crippen LogP contribution in [0.15, 0.2) is 54.9 Å². The second-order valence-electron chi connectivity index (χ2n) is 7.15. The molecule has 1 amide bonds. The topological polar surface area (TPSA) is 46.1 Å². The van der Waals surface area contributed by atoms with E-state index in [1.165, 1.54) is 5.56 Å². The average molecular weight is 345 g/mol. The number of likely N-dealkylation sites (tertiary alicyclic amines) is 1. The van der Waals surface area contributed by atoms with Crippen LogP contribution in [0.1, 0.15) is 34.6 Å². The van der Waals surface area contributed by atoms with Gasteiger partial charge in [-0.25, -0.2) is 0 Å². The molecule has 2 aromatic heterocycles. The summed E-state index contributed by atoms with van der Waals surface area (Å²) in [6.45, 7) is 3.60. The van der Waals surface area contributed by atoms with Gasteiger partial charge in [0, 0.05) is 36.6 Å². The van der Waals surface area contributed by atoms with Gasteiger partial charge in [0.2, 0.25) is 0 Å². The van der Waals surface area contributed by atoms with Gasteiger partial charge >= 0.3 is 0 Å². The molecule has 0 radical (unpaired) electrons. The fourth-order valence-electron chi connectivity index (χ4n) is 3.81. The second-order valence-corrected chi connectivity index (χ2v) is 7.15. The first-order chi connectivity index (χ1) is 12.7. The summed E-state index contributed by atoms with van der Waals surface area (Å²) in [7, 11) is 0. The molecule has 26 heavy (non-hydrogen) atoms. The first-order valence-electron chi connectivity index (χ1n) is 9.25. The quantitative estimate of drug-likeness (QED) is 0.720. The van der Waals surface area contributed by atoms with Crippen molar-refractivity contribution in [1.29, 1.82) is 0 Å². The van der Waals surface area contributed by atoms with Crippen LogP contribution in [-0.2, 0) is 6.42 Å². The Bertz CT molecular complexity index is 915. The summed E-state index contributed by atoms with van der Waals surface area (Å²) in [5.41, 5.74) is 2.86. The van der Waals surface area contributed by atoms with Gasteiger partial charge in [-0.2, -0.15) is 0 Å². The number of benzene rings is 1. The van der Waals surface area contributed by atoms with Crippen molar-refractivity contribution in [3.63, 3.8) is 0 Å². The number of piperidine rings is 1. The van der Waals surface area contributed by atoms with Crippen LogP contribution in [-0.4, -0.2) is 33.9 Å². The van der Waals surface area contributed by atoms with Crippen molar-refractivity contribution in [2.24, 2.45) is 5.92 Å². The molecule has 4 heteroatoms. The standard InChI is InChI=1S/C22H23N3O/c1-16-8-9-17(14-24-16)13-18-5-4-12-25(15-18)22(26)21-20-7-3-2-6-19(20)10-11-23-21/h2-3,6-11,14,18H,4-5,12-13,15H2,1H3. The number of pyridine rings is 2. The number of hydrogen-bond donors (Lipinski definition) is 0. The molecule has 1 atom stereocenters. The predicted molar refractivity (Wildman–Crippen MR) is 103 cm³/mol. The average Bonchev–Trinajstić information content (AvgIpc) is 2.69. The van der Waals surface area contributed by atoms with Gasteiger partial charge in [-0.3, -0.25) is 14.8 Å².